The van der Waals surface area contributed by atoms with Crippen LogP contribution in [0.15, 0.2) is 24.3 Å². The van der Waals surface area contributed by atoms with Gasteiger partial charge in [-0.1, -0.05) is 24.3 Å². The van der Waals surface area contributed by atoms with Crippen molar-refractivity contribution < 1.29 is 14.7 Å². The van der Waals surface area contributed by atoms with Gasteiger partial charge >= 0.3 is 6.09 Å². The van der Waals surface area contributed by atoms with E-state index in [0.717, 1.165) is 17.4 Å². The van der Waals surface area contributed by atoms with Crippen LogP contribution >= 0.6 is 0 Å². The van der Waals surface area contributed by atoms with Gasteiger partial charge in [-0.15, -0.1) is 0 Å². The van der Waals surface area contributed by atoms with Crippen LogP contribution in [0.1, 0.15) is 23.7 Å². The fourth-order valence-corrected chi connectivity index (χ4v) is 2.08. The molecule has 1 atom stereocenters. The molecule has 0 aromatic heterocycles. The number of benzene rings is 1. The molecule has 0 radical (unpaired) electrons. The molecule has 0 bridgehead atoms. The van der Waals surface area contributed by atoms with Gasteiger partial charge in [0.2, 0.25) is 0 Å². The minimum absolute atomic E-state index is 0.213. The van der Waals surface area contributed by atoms with Crippen molar-refractivity contribution in [1.29, 1.82) is 0 Å². The van der Waals surface area contributed by atoms with Crippen LogP contribution in [-0.4, -0.2) is 28.9 Å². The molecule has 1 unspecified atom stereocenters. The fraction of sp³-hybridized carbons (Fsp3) is 0.333. The van der Waals surface area contributed by atoms with Gasteiger partial charge in [0, 0.05) is 19.5 Å². The van der Waals surface area contributed by atoms with Crippen molar-refractivity contribution in [3.63, 3.8) is 0 Å². The summed E-state index contributed by atoms with van der Waals surface area (Å²) in [7, 11) is 0. The Morgan fingerprint density at radius 3 is 3.00 bits per heavy atom. The Balaban J connectivity index is 2.21. The third-order valence-corrected chi connectivity index (χ3v) is 2.88. The van der Waals surface area contributed by atoms with Crippen molar-refractivity contribution in [2.45, 2.75) is 19.1 Å². The monoisotopic (exact) mass is 234 g/mol. The highest BCUT2D eigenvalue weighted by molar-refractivity contribution is 5.66. The molecule has 2 N–H and O–H groups in total. The topological polar surface area (TPSA) is 69.6 Å². The number of hydrogen-bond acceptors (Lipinski definition) is 3. The molecule has 0 aliphatic carbocycles. The number of hydrogen-bond donors (Lipinski definition) is 2. The number of carboxylic acid groups (broad SMARTS) is 1. The molecule has 0 spiro atoms. The van der Waals surface area contributed by atoms with Crippen molar-refractivity contribution in [2.75, 3.05) is 6.54 Å². The highest BCUT2D eigenvalue weighted by Crippen LogP contribution is 2.27. The summed E-state index contributed by atoms with van der Waals surface area (Å²) in [5.41, 5.74) is 2.08. The Morgan fingerprint density at radius 1 is 1.53 bits per heavy atom. The molecule has 1 aliphatic heterocycles. The predicted octanol–water partition coefficient (Wildman–Crippen LogP) is 1.36. The number of fused-ring (bicyclic) bond motifs is 1. The van der Waals surface area contributed by atoms with E-state index < -0.39 is 6.09 Å². The first kappa shape index (κ1) is 11.6. The van der Waals surface area contributed by atoms with Gasteiger partial charge in [0.25, 0.3) is 0 Å². The molecule has 1 aromatic carbocycles. The van der Waals surface area contributed by atoms with E-state index in [1.807, 2.05) is 24.3 Å². The second kappa shape index (κ2) is 4.97. The smallest absolute Gasteiger partial charge is 0.408 e. The van der Waals surface area contributed by atoms with Crippen LogP contribution in [0.4, 0.5) is 4.79 Å². The van der Waals surface area contributed by atoms with E-state index in [2.05, 4.69) is 5.32 Å². The second-order valence-corrected chi connectivity index (χ2v) is 3.91. The van der Waals surface area contributed by atoms with Gasteiger partial charge in [-0.25, -0.2) is 4.79 Å². The number of nitrogens with one attached hydrogen (secondary N) is 1. The van der Waals surface area contributed by atoms with E-state index in [9.17, 15) is 9.59 Å². The lowest BCUT2D eigenvalue weighted by atomic mass is 10.1. The van der Waals surface area contributed by atoms with Crippen LogP contribution in [0.25, 0.3) is 0 Å². The maximum atomic E-state index is 11.2. The van der Waals surface area contributed by atoms with Gasteiger partial charge in [-0.05, 0) is 11.1 Å². The Morgan fingerprint density at radius 2 is 2.29 bits per heavy atom. The minimum atomic E-state index is -1.01. The SMILES string of the molecule is O=CCCN(C(=O)O)C1NCc2ccccc21. The van der Waals surface area contributed by atoms with E-state index in [4.69, 9.17) is 5.11 Å². The highest BCUT2D eigenvalue weighted by atomic mass is 16.4. The Hall–Kier alpha value is -1.88. The molecule has 17 heavy (non-hydrogen) atoms. The van der Waals surface area contributed by atoms with Crippen LogP contribution in [-0.2, 0) is 11.3 Å². The molecule has 5 nitrogen and oxygen atoms in total. The summed E-state index contributed by atoms with van der Waals surface area (Å²) in [4.78, 5) is 22.8. The lowest BCUT2D eigenvalue weighted by molar-refractivity contribution is -0.108. The zero-order chi connectivity index (χ0) is 12.3. The first-order valence-corrected chi connectivity index (χ1v) is 5.48. The van der Waals surface area contributed by atoms with E-state index in [-0.39, 0.29) is 19.1 Å². The summed E-state index contributed by atoms with van der Waals surface area (Å²) in [6.07, 6.45) is -0.409. The summed E-state index contributed by atoms with van der Waals surface area (Å²) >= 11 is 0. The van der Waals surface area contributed by atoms with E-state index in [1.54, 1.807) is 0 Å². The number of aldehydes is 1. The van der Waals surface area contributed by atoms with Crippen LogP contribution in [0.5, 0.6) is 0 Å². The summed E-state index contributed by atoms with van der Waals surface area (Å²) in [6, 6.07) is 7.71. The molecule has 1 aromatic rings. The quantitative estimate of drug-likeness (QED) is 0.772. The zero-order valence-electron chi connectivity index (χ0n) is 9.30. The normalized spacial score (nSPS) is 17.5. The van der Waals surface area contributed by atoms with E-state index in [1.165, 1.54) is 4.90 Å². The molecule has 1 amide bonds. The number of nitrogens with zero attached hydrogens (tertiary/aromatic N) is 1. The number of amides is 1. The summed E-state index contributed by atoms with van der Waals surface area (Å²) in [5, 5.41) is 12.3. The molecule has 90 valence electrons. The highest BCUT2D eigenvalue weighted by Gasteiger charge is 2.29. The van der Waals surface area contributed by atoms with Crippen LogP contribution in [0.3, 0.4) is 0 Å². The van der Waals surface area contributed by atoms with Gasteiger partial charge in [0.1, 0.15) is 12.5 Å². The number of rotatable bonds is 4. The van der Waals surface area contributed by atoms with Crippen molar-refractivity contribution in [3.8, 4) is 0 Å². The average molecular weight is 234 g/mol. The summed E-state index contributed by atoms with van der Waals surface area (Å²) in [6.45, 7) is 0.872. The first-order valence-electron chi connectivity index (χ1n) is 5.48. The lowest BCUT2D eigenvalue weighted by Crippen LogP contribution is -2.39. The van der Waals surface area contributed by atoms with Crippen molar-refractivity contribution >= 4 is 12.4 Å². The van der Waals surface area contributed by atoms with Crippen molar-refractivity contribution in [1.82, 2.24) is 10.2 Å². The van der Waals surface area contributed by atoms with E-state index >= 15 is 0 Å². The Kier molecular flexibility index (Phi) is 3.39. The van der Waals surface area contributed by atoms with Gasteiger partial charge in [-0.3, -0.25) is 10.2 Å². The molecular weight excluding hydrogens is 220 g/mol. The lowest BCUT2D eigenvalue weighted by Gasteiger charge is -2.26. The fourth-order valence-electron chi connectivity index (χ4n) is 2.08. The maximum absolute atomic E-state index is 11.2. The Labute approximate surface area is 99.0 Å². The summed E-state index contributed by atoms with van der Waals surface area (Å²) < 4.78 is 0. The summed E-state index contributed by atoms with van der Waals surface area (Å²) in [5.74, 6) is 0. The molecule has 5 heteroatoms. The number of carbonyl (C=O) groups excluding carboxylic acids is 1. The molecule has 0 fully saturated rings. The second-order valence-electron chi connectivity index (χ2n) is 3.91. The van der Waals surface area contributed by atoms with Gasteiger partial charge < -0.3 is 9.90 Å². The van der Waals surface area contributed by atoms with Crippen LogP contribution < -0.4 is 5.32 Å². The molecule has 1 aliphatic rings. The van der Waals surface area contributed by atoms with Crippen molar-refractivity contribution in [3.05, 3.63) is 35.4 Å². The molecule has 2 rings (SSSR count). The Bertz CT molecular complexity index is 434. The molecular formula is C12H14N2O3. The van der Waals surface area contributed by atoms with Crippen molar-refractivity contribution in [2.24, 2.45) is 0 Å². The predicted molar refractivity (Wildman–Crippen MR) is 61.4 cm³/mol. The molecule has 0 saturated carbocycles. The first-order chi connectivity index (χ1) is 8.24. The standard InChI is InChI=1S/C12H14N2O3/c15-7-3-6-14(12(16)17)11-10-5-2-1-4-9(10)8-13-11/h1-2,4-5,7,11,13H,3,6,8H2,(H,16,17). The van der Waals surface area contributed by atoms with Crippen LogP contribution in [0, 0.1) is 0 Å². The molecule has 0 saturated heterocycles. The molecule has 1 heterocycles. The van der Waals surface area contributed by atoms with Gasteiger partial charge in [-0.2, -0.15) is 0 Å². The zero-order valence-corrected chi connectivity index (χ0v) is 9.30. The number of carbonyl (C=O) groups is 2. The average Bonchev–Trinajstić information content (AvgIpc) is 2.73. The maximum Gasteiger partial charge on any atom is 0.408 e. The third-order valence-electron chi connectivity index (χ3n) is 2.88. The third kappa shape index (κ3) is 2.29. The van der Waals surface area contributed by atoms with Crippen LogP contribution in [0.2, 0.25) is 0 Å². The largest absolute Gasteiger partial charge is 0.465 e. The van der Waals surface area contributed by atoms with E-state index in [0.29, 0.717) is 6.54 Å². The van der Waals surface area contributed by atoms with Gasteiger partial charge in [0.15, 0.2) is 0 Å². The van der Waals surface area contributed by atoms with Gasteiger partial charge in [0.05, 0.1) is 0 Å². The minimum Gasteiger partial charge on any atom is -0.465 e.